The number of benzene rings is 1. The Morgan fingerprint density at radius 3 is 3.04 bits per heavy atom. The van der Waals surface area contributed by atoms with E-state index in [2.05, 4.69) is 4.98 Å². The molecule has 23 heavy (non-hydrogen) atoms. The van der Waals surface area contributed by atoms with Crippen LogP contribution >= 0.6 is 0 Å². The number of carbonyl (C=O) groups excluding carboxylic acids is 1. The highest BCUT2D eigenvalue weighted by Crippen LogP contribution is 2.26. The molecule has 0 bridgehead atoms. The lowest BCUT2D eigenvalue weighted by molar-refractivity contribution is -0.136. The number of carbonyl (C=O) groups is 1. The molecule has 3 rings (SSSR count). The summed E-state index contributed by atoms with van der Waals surface area (Å²) < 4.78 is 5.27. The van der Waals surface area contributed by atoms with E-state index in [1.165, 1.54) is 0 Å². The first-order valence-electron chi connectivity index (χ1n) is 8.21. The van der Waals surface area contributed by atoms with Crippen molar-refractivity contribution in [3.8, 4) is 5.75 Å². The predicted octanol–water partition coefficient (Wildman–Crippen LogP) is 2.48. The summed E-state index contributed by atoms with van der Waals surface area (Å²) in [5.41, 5.74) is 1.97. The zero-order valence-corrected chi connectivity index (χ0v) is 13.7. The van der Waals surface area contributed by atoms with Gasteiger partial charge in [-0.25, -0.2) is 0 Å². The molecule has 2 aromatic rings. The molecule has 2 atom stereocenters. The van der Waals surface area contributed by atoms with Gasteiger partial charge in [-0.3, -0.25) is 4.79 Å². The van der Waals surface area contributed by atoms with Crippen LogP contribution in [0, 0.1) is 0 Å². The van der Waals surface area contributed by atoms with Crippen LogP contribution in [0.4, 0.5) is 0 Å². The van der Waals surface area contributed by atoms with Crippen LogP contribution in [0.5, 0.6) is 5.75 Å². The molecule has 1 fully saturated rings. The molecule has 1 aromatic carbocycles. The molecule has 0 saturated carbocycles. The monoisotopic (exact) mass is 316 g/mol. The van der Waals surface area contributed by atoms with Crippen molar-refractivity contribution in [2.45, 2.75) is 44.8 Å². The molecular weight excluding hydrogens is 292 g/mol. The van der Waals surface area contributed by atoms with Gasteiger partial charge < -0.3 is 19.7 Å². The van der Waals surface area contributed by atoms with Crippen molar-refractivity contribution in [3.63, 3.8) is 0 Å². The van der Waals surface area contributed by atoms with Gasteiger partial charge in [0.1, 0.15) is 5.75 Å². The van der Waals surface area contributed by atoms with Crippen molar-refractivity contribution in [1.29, 1.82) is 0 Å². The first-order valence-corrected chi connectivity index (χ1v) is 8.21. The van der Waals surface area contributed by atoms with Gasteiger partial charge in [0.05, 0.1) is 25.7 Å². The van der Waals surface area contributed by atoms with E-state index in [1.54, 1.807) is 14.0 Å². The van der Waals surface area contributed by atoms with Gasteiger partial charge in [-0.15, -0.1) is 0 Å². The van der Waals surface area contributed by atoms with Gasteiger partial charge in [0.25, 0.3) is 0 Å². The van der Waals surface area contributed by atoms with E-state index >= 15 is 0 Å². The van der Waals surface area contributed by atoms with Crippen LogP contribution in [-0.2, 0) is 11.2 Å². The molecule has 0 spiro atoms. The second-order valence-corrected chi connectivity index (χ2v) is 6.29. The minimum Gasteiger partial charge on any atom is -0.497 e. The first kappa shape index (κ1) is 15.9. The van der Waals surface area contributed by atoms with E-state index in [0.717, 1.165) is 48.0 Å². The second-order valence-electron chi connectivity index (χ2n) is 6.29. The smallest absolute Gasteiger partial charge is 0.227 e. The van der Waals surface area contributed by atoms with Crippen LogP contribution in [0.25, 0.3) is 10.9 Å². The van der Waals surface area contributed by atoms with Crippen LogP contribution in [-0.4, -0.2) is 46.7 Å². The lowest BCUT2D eigenvalue weighted by atomic mass is 9.97. The van der Waals surface area contributed by atoms with Gasteiger partial charge in [0, 0.05) is 23.6 Å². The van der Waals surface area contributed by atoms with Gasteiger partial charge in [0.2, 0.25) is 5.91 Å². The zero-order chi connectivity index (χ0) is 16.4. The van der Waals surface area contributed by atoms with Crippen molar-refractivity contribution in [3.05, 3.63) is 30.0 Å². The maximum absolute atomic E-state index is 12.7. The molecule has 2 N–H and O–H groups in total. The van der Waals surface area contributed by atoms with Crippen LogP contribution in [0.3, 0.4) is 0 Å². The van der Waals surface area contributed by atoms with E-state index in [1.807, 2.05) is 29.3 Å². The van der Waals surface area contributed by atoms with E-state index in [9.17, 15) is 9.90 Å². The number of amides is 1. The Morgan fingerprint density at radius 1 is 1.48 bits per heavy atom. The molecule has 0 radical (unpaired) electrons. The number of ether oxygens (including phenoxy) is 1. The van der Waals surface area contributed by atoms with Gasteiger partial charge in [0.15, 0.2) is 0 Å². The number of likely N-dealkylation sites (tertiary alicyclic amines) is 1. The number of nitrogens with one attached hydrogen (secondary N) is 1. The minimum absolute atomic E-state index is 0.0593. The highest BCUT2D eigenvalue weighted by molar-refractivity contribution is 5.89. The molecule has 2 unspecified atom stereocenters. The Hall–Kier alpha value is -2.01. The number of aromatic amines is 1. The number of aromatic nitrogens is 1. The SMILES string of the molecule is COc1ccc2[nH]cc(CC(=O)N3CCCCC3C(C)O)c2c1. The summed E-state index contributed by atoms with van der Waals surface area (Å²) in [6.45, 7) is 2.51. The third-order valence-electron chi connectivity index (χ3n) is 4.74. The van der Waals surface area contributed by atoms with Crippen molar-refractivity contribution in [2.75, 3.05) is 13.7 Å². The molecule has 1 aliphatic heterocycles. The number of fused-ring (bicyclic) bond motifs is 1. The number of nitrogens with zero attached hydrogens (tertiary/aromatic N) is 1. The molecule has 0 aliphatic carbocycles. The van der Waals surface area contributed by atoms with E-state index in [0.29, 0.717) is 6.42 Å². The fraction of sp³-hybridized carbons (Fsp3) is 0.500. The fourth-order valence-corrected chi connectivity index (χ4v) is 3.46. The topological polar surface area (TPSA) is 65.6 Å². The predicted molar refractivity (Wildman–Crippen MR) is 89.6 cm³/mol. The lowest BCUT2D eigenvalue weighted by Gasteiger charge is -2.37. The average molecular weight is 316 g/mol. The van der Waals surface area contributed by atoms with E-state index < -0.39 is 6.10 Å². The molecule has 5 heteroatoms. The second kappa shape index (κ2) is 6.62. The number of rotatable bonds is 4. The number of aliphatic hydroxyl groups is 1. The summed E-state index contributed by atoms with van der Waals surface area (Å²) >= 11 is 0. The number of hydrogen-bond donors (Lipinski definition) is 2. The highest BCUT2D eigenvalue weighted by Gasteiger charge is 2.30. The van der Waals surface area contributed by atoms with Crippen LogP contribution < -0.4 is 4.74 Å². The summed E-state index contributed by atoms with van der Waals surface area (Å²) in [5.74, 6) is 0.866. The van der Waals surface area contributed by atoms with E-state index in [4.69, 9.17) is 4.74 Å². The molecule has 1 amide bonds. The van der Waals surface area contributed by atoms with Crippen molar-refractivity contribution < 1.29 is 14.6 Å². The van der Waals surface area contributed by atoms with Crippen molar-refractivity contribution >= 4 is 16.8 Å². The van der Waals surface area contributed by atoms with Gasteiger partial charge in [-0.2, -0.15) is 0 Å². The molecule has 2 heterocycles. The van der Waals surface area contributed by atoms with E-state index in [-0.39, 0.29) is 11.9 Å². The molecule has 124 valence electrons. The van der Waals surface area contributed by atoms with Gasteiger partial charge >= 0.3 is 0 Å². The number of hydrogen-bond acceptors (Lipinski definition) is 3. The Kier molecular flexibility index (Phi) is 4.57. The van der Waals surface area contributed by atoms with Gasteiger partial charge in [-0.1, -0.05) is 0 Å². The number of H-pyrrole nitrogens is 1. The Bertz CT molecular complexity index is 693. The van der Waals surface area contributed by atoms with Gasteiger partial charge in [-0.05, 0) is 49.9 Å². The normalized spacial score (nSPS) is 19.8. The zero-order valence-electron chi connectivity index (χ0n) is 13.7. The summed E-state index contributed by atoms with van der Waals surface area (Å²) in [5, 5.41) is 11.0. The maximum Gasteiger partial charge on any atom is 0.227 e. The van der Waals surface area contributed by atoms with Crippen molar-refractivity contribution in [1.82, 2.24) is 9.88 Å². The number of methoxy groups -OCH3 is 1. The summed E-state index contributed by atoms with van der Waals surface area (Å²) in [7, 11) is 1.64. The maximum atomic E-state index is 12.7. The van der Waals surface area contributed by atoms with Crippen LogP contribution in [0.1, 0.15) is 31.7 Å². The third kappa shape index (κ3) is 3.20. The number of aliphatic hydroxyl groups excluding tert-OH is 1. The molecule has 5 nitrogen and oxygen atoms in total. The third-order valence-corrected chi connectivity index (χ3v) is 4.74. The number of piperidine rings is 1. The summed E-state index contributed by atoms with van der Waals surface area (Å²) in [4.78, 5) is 17.8. The molecular formula is C18H24N2O3. The minimum atomic E-state index is -0.484. The van der Waals surface area contributed by atoms with Crippen LogP contribution in [0.2, 0.25) is 0 Å². The summed E-state index contributed by atoms with van der Waals surface area (Å²) in [6.07, 6.45) is 4.72. The fourth-order valence-electron chi connectivity index (χ4n) is 3.46. The quantitative estimate of drug-likeness (QED) is 0.911. The highest BCUT2D eigenvalue weighted by atomic mass is 16.5. The lowest BCUT2D eigenvalue weighted by Crippen LogP contribution is -2.49. The molecule has 1 saturated heterocycles. The van der Waals surface area contributed by atoms with Crippen LogP contribution in [0.15, 0.2) is 24.4 Å². The Balaban J connectivity index is 1.82. The average Bonchev–Trinajstić information content (AvgIpc) is 2.96. The largest absolute Gasteiger partial charge is 0.497 e. The Labute approximate surface area is 136 Å². The standard InChI is InChI=1S/C18H24N2O3/c1-12(21)17-5-3-4-8-20(17)18(22)9-13-11-19-16-7-6-14(23-2)10-15(13)16/h6-7,10-12,17,19,21H,3-5,8-9H2,1-2H3. The Morgan fingerprint density at radius 2 is 2.30 bits per heavy atom. The molecule has 1 aromatic heterocycles. The summed E-state index contributed by atoms with van der Waals surface area (Å²) in [6, 6.07) is 5.76. The molecule has 1 aliphatic rings. The first-order chi connectivity index (χ1) is 11.1. The van der Waals surface area contributed by atoms with Crippen molar-refractivity contribution in [2.24, 2.45) is 0 Å².